The lowest BCUT2D eigenvalue weighted by Crippen LogP contribution is -2.38. The lowest BCUT2D eigenvalue weighted by Gasteiger charge is -2.24. The fourth-order valence-corrected chi connectivity index (χ4v) is 3.04. The van der Waals surface area contributed by atoms with E-state index in [1.54, 1.807) is 0 Å². The maximum atomic E-state index is 5.40. The third kappa shape index (κ3) is 3.25. The molecule has 20 heavy (non-hydrogen) atoms. The van der Waals surface area contributed by atoms with Gasteiger partial charge < -0.3 is 10.6 Å². The maximum Gasteiger partial charge on any atom is 0.170 e. The first-order chi connectivity index (χ1) is 9.81. The summed E-state index contributed by atoms with van der Waals surface area (Å²) in [6.45, 7) is 0. The van der Waals surface area contributed by atoms with Crippen molar-refractivity contribution in [3.8, 4) is 0 Å². The number of pyridine rings is 1. The van der Waals surface area contributed by atoms with E-state index < -0.39 is 0 Å². The van der Waals surface area contributed by atoms with Gasteiger partial charge in [0.15, 0.2) is 5.11 Å². The van der Waals surface area contributed by atoms with Crippen molar-refractivity contribution in [2.45, 2.75) is 38.1 Å². The van der Waals surface area contributed by atoms with Gasteiger partial charge >= 0.3 is 0 Å². The highest BCUT2D eigenvalue weighted by Crippen LogP contribution is 2.19. The van der Waals surface area contributed by atoms with Crippen LogP contribution < -0.4 is 10.6 Å². The van der Waals surface area contributed by atoms with Crippen molar-refractivity contribution in [2.75, 3.05) is 5.32 Å². The van der Waals surface area contributed by atoms with Gasteiger partial charge in [-0.15, -0.1) is 0 Å². The third-order valence-corrected chi connectivity index (χ3v) is 4.02. The average molecular weight is 285 g/mol. The van der Waals surface area contributed by atoms with Gasteiger partial charge in [0.1, 0.15) is 0 Å². The first-order valence-electron chi connectivity index (χ1n) is 7.23. The van der Waals surface area contributed by atoms with Crippen molar-refractivity contribution >= 4 is 33.9 Å². The molecule has 4 heteroatoms. The zero-order chi connectivity index (χ0) is 13.8. The molecular weight excluding hydrogens is 266 g/mol. The first kappa shape index (κ1) is 13.3. The minimum absolute atomic E-state index is 0.533. The van der Waals surface area contributed by atoms with Crippen LogP contribution in [0.2, 0.25) is 0 Å². The van der Waals surface area contributed by atoms with Gasteiger partial charge in [-0.2, -0.15) is 0 Å². The molecule has 1 fully saturated rings. The molecule has 1 aromatic heterocycles. The summed E-state index contributed by atoms with van der Waals surface area (Å²) in [6, 6.07) is 10.7. The van der Waals surface area contributed by atoms with Crippen molar-refractivity contribution in [3.63, 3.8) is 0 Å². The van der Waals surface area contributed by atoms with Gasteiger partial charge in [0.2, 0.25) is 0 Å². The number of hydrogen-bond acceptors (Lipinski definition) is 2. The fraction of sp³-hybridized carbons (Fsp3) is 0.375. The summed E-state index contributed by atoms with van der Waals surface area (Å²) < 4.78 is 0. The Labute approximate surface area is 124 Å². The normalized spacial score (nSPS) is 16.0. The molecule has 2 N–H and O–H groups in total. The quantitative estimate of drug-likeness (QED) is 0.822. The van der Waals surface area contributed by atoms with Crippen LogP contribution in [0.1, 0.15) is 32.1 Å². The number of thiocarbonyl (C=S) groups is 1. The Balaban J connectivity index is 1.64. The van der Waals surface area contributed by atoms with Crippen molar-refractivity contribution in [1.29, 1.82) is 0 Å². The lowest BCUT2D eigenvalue weighted by molar-refractivity contribution is 0.415. The molecule has 1 aromatic carbocycles. The van der Waals surface area contributed by atoms with Gasteiger partial charge in [-0.05, 0) is 49.3 Å². The highest BCUT2D eigenvalue weighted by atomic mass is 32.1. The number of rotatable bonds is 2. The summed E-state index contributed by atoms with van der Waals surface area (Å²) >= 11 is 5.40. The summed E-state index contributed by atoms with van der Waals surface area (Å²) in [4.78, 5) is 4.32. The van der Waals surface area contributed by atoms with Gasteiger partial charge in [0.25, 0.3) is 0 Å². The van der Waals surface area contributed by atoms with Gasteiger partial charge in [-0.1, -0.05) is 25.3 Å². The van der Waals surface area contributed by atoms with Gasteiger partial charge in [0, 0.05) is 23.3 Å². The van der Waals surface area contributed by atoms with E-state index >= 15 is 0 Å². The van der Waals surface area contributed by atoms with Crippen molar-refractivity contribution in [2.24, 2.45) is 0 Å². The van der Waals surface area contributed by atoms with Crippen LogP contribution in [0.25, 0.3) is 10.9 Å². The van der Waals surface area contributed by atoms with Crippen LogP contribution in [0.15, 0.2) is 36.5 Å². The Morgan fingerprint density at radius 3 is 2.85 bits per heavy atom. The Bertz CT molecular complexity index is 605. The SMILES string of the molecule is S=C(Nc1ccc2ncccc2c1)NC1CCCCC1. The molecule has 1 aliphatic carbocycles. The molecule has 0 amide bonds. The Kier molecular flexibility index (Phi) is 4.11. The predicted molar refractivity (Wildman–Crippen MR) is 88.0 cm³/mol. The second kappa shape index (κ2) is 6.18. The predicted octanol–water partition coefficient (Wildman–Crippen LogP) is 3.85. The molecule has 0 atom stereocenters. The molecule has 104 valence electrons. The third-order valence-electron chi connectivity index (χ3n) is 3.80. The summed E-state index contributed by atoms with van der Waals surface area (Å²) in [5.74, 6) is 0. The van der Waals surface area contributed by atoms with E-state index in [9.17, 15) is 0 Å². The van der Waals surface area contributed by atoms with Crippen molar-refractivity contribution in [3.05, 3.63) is 36.5 Å². The zero-order valence-electron chi connectivity index (χ0n) is 11.4. The highest BCUT2D eigenvalue weighted by Gasteiger charge is 2.13. The van der Waals surface area contributed by atoms with Crippen LogP contribution in [0.3, 0.4) is 0 Å². The zero-order valence-corrected chi connectivity index (χ0v) is 12.2. The smallest absolute Gasteiger partial charge is 0.170 e. The molecule has 0 radical (unpaired) electrons. The van der Waals surface area contributed by atoms with Crippen LogP contribution in [-0.4, -0.2) is 16.1 Å². The lowest BCUT2D eigenvalue weighted by atomic mass is 9.96. The molecule has 3 nitrogen and oxygen atoms in total. The molecule has 2 aromatic rings. The number of nitrogens with one attached hydrogen (secondary N) is 2. The minimum atomic E-state index is 0.533. The van der Waals surface area contributed by atoms with E-state index in [4.69, 9.17) is 12.2 Å². The van der Waals surface area contributed by atoms with Crippen LogP contribution in [0, 0.1) is 0 Å². The van der Waals surface area contributed by atoms with Crippen molar-refractivity contribution < 1.29 is 0 Å². The van der Waals surface area contributed by atoms with Crippen LogP contribution >= 0.6 is 12.2 Å². The summed E-state index contributed by atoms with van der Waals surface area (Å²) in [5.41, 5.74) is 2.02. The minimum Gasteiger partial charge on any atom is -0.360 e. The molecule has 0 spiro atoms. The monoisotopic (exact) mass is 285 g/mol. The highest BCUT2D eigenvalue weighted by molar-refractivity contribution is 7.80. The van der Waals surface area contributed by atoms with Crippen molar-refractivity contribution in [1.82, 2.24) is 10.3 Å². The maximum absolute atomic E-state index is 5.40. The molecule has 0 aliphatic heterocycles. The standard InChI is InChI=1S/C16H19N3S/c20-16(18-13-6-2-1-3-7-13)19-14-8-9-15-12(11-14)5-4-10-17-15/h4-5,8-11,13H,1-3,6-7H2,(H2,18,19,20). The second-order valence-corrected chi connectivity index (χ2v) is 5.75. The van der Waals surface area contributed by atoms with Gasteiger partial charge in [-0.3, -0.25) is 4.98 Å². The topological polar surface area (TPSA) is 37.0 Å². The molecular formula is C16H19N3S. The van der Waals surface area contributed by atoms with Crippen LogP contribution in [-0.2, 0) is 0 Å². The van der Waals surface area contributed by atoms with Gasteiger partial charge in [-0.25, -0.2) is 0 Å². The van der Waals surface area contributed by atoms with E-state index in [0.29, 0.717) is 6.04 Å². The number of aromatic nitrogens is 1. The first-order valence-corrected chi connectivity index (χ1v) is 7.64. The molecule has 1 saturated carbocycles. The number of nitrogens with zero attached hydrogens (tertiary/aromatic N) is 1. The summed E-state index contributed by atoms with van der Waals surface area (Å²) in [5, 5.41) is 8.54. The molecule has 0 bridgehead atoms. The molecule has 0 unspecified atom stereocenters. The number of anilines is 1. The van der Waals surface area contributed by atoms with E-state index in [0.717, 1.165) is 21.7 Å². The second-order valence-electron chi connectivity index (χ2n) is 5.34. The Hall–Kier alpha value is -1.68. The van der Waals surface area contributed by atoms with Crippen LogP contribution in [0.4, 0.5) is 5.69 Å². The van der Waals surface area contributed by atoms with Gasteiger partial charge in [0.05, 0.1) is 5.52 Å². The molecule has 0 saturated heterocycles. The number of hydrogen-bond donors (Lipinski definition) is 2. The molecule has 1 heterocycles. The molecule has 1 aliphatic rings. The summed E-state index contributed by atoms with van der Waals surface area (Å²) in [7, 11) is 0. The number of fused-ring (bicyclic) bond motifs is 1. The fourth-order valence-electron chi connectivity index (χ4n) is 2.75. The number of benzene rings is 1. The van der Waals surface area contributed by atoms with E-state index in [2.05, 4.69) is 27.8 Å². The summed E-state index contributed by atoms with van der Waals surface area (Å²) in [6.07, 6.45) is 8.23. The average Bonchev–Trinajstić information content (AvgIpc) is 2.48. The van der Waals surface area contributed by atoms with E-state index in [1.165, 1.54) is 32.1 Å². The van der Waals surface area contributed by atoms with E-state index in [-0.39, 0.29) is 0 Å². The van der Waals surface area contributed by atoms with Crippen LogP contribution in [0.5, 0.6) is 0 Å². The Morgan fingerprint density at radius 1 is 1.15 bits per heavy atom. The molecule has 3 rings (SSSR count). The van der Waals surface area contributed by atoms with E-state index in [1.807, 2.05) is 24.4 Å². The largest absolute Gasteiger partial charge is 0.360 e. The Morgan fingerprint density at radius 2 is 2.00 bits per heavy atom.